The molecular weight excluding hydrogens is 369 g/mol. The molecule has 0 radical (unpaired) electrons. The maximum atomic E-state index is 12.5. The summed E-state index contributed by atoms with van der Waals surface area (Å²) < 4.78 is 24.2. The summed E-state index contributed by atoms with van der Waals surface area (Å²) in [6.45, 7) is 6.03. The molecule has 0 bridgehead atoms. The van der Waals surface area contributed by atoms with E-state index >= 15 is 0 Å². The van der Waals surface area contributed by atoms with Gasteiger partial charge < -0.3 is 4.90 Å². The number of nitrogens with zero attached hydrogens (tertiary/aromatic N) is 1. The topological polar surface area (TPSA) is 54.5 Å². The molecule has 0 saturated heterocycles. The molecule has 0 heterocycles. The van der Waals surface area contributed by atoms with Crippen molar-refractivity contribution in [2.24, 2.45) is 0 Å². The molecule has 136 valence electrons. The average Bonchev–Trinajstić information content (AvgIpc) is 2.47. The molecule has 0 aliphatic rings. The molecule has 1 aromatic carbocycles. The molecule has 0 aliphatic carbocycles. The van der Waals surface area contributed by atoms with Crippen molar-refractivity contribution in [3.05, 3.63) is 33.8 Å². The molecule has 7 heteroatoms. The van der Waals surface area contributed by atoms with Crippen LogP contribution in [0.4, 0.5) is 0 Å². The van der Waals surface area contributed by atoms with Crippen LogP contribution in [0.3, 0.4) is 0 Å². The van der Waals surface area contributed by atoms with Gasteiger partial charge in [-0.1, -0.05) is 49.0 Å². The zero-order valence-electron chi connectivity index (χ0n) is 14.4. The first-order chi connectivity index (χ1) is 11.2. The number of sulfone groups is 1. The highest BCUT2D eigenvalue weighted by Gasteiger charge is 2.23. The van der Waals surface area contributed by atoms with Crippen molar-refractivity contribution in [2.45, 2.75) is 52.6 Å². The number of hydrogen-bond donors (Lipinski definition) is 0. The van der Waals surface area contributed by atoms with Crippen LogP contribution in [0, 0.1) is 0 Å². The normalized spacial score (nSPS) is 11.8. The average molecular weight is 394 g/mol. The van der Waals surface area contributed by atoms with Crippen LogP contribution in [0.2, 0.25) is 10.0 Å². The van der Waals surface area contributed by atoms with Crippen molar-refractivity contribution in [2.75, 3.05) is 11.5 Å². The Labute approximate surface area is 155 Å². The Morgan fingerprint density at radius 2 is 1.83 bits per heavy atom. The Kier molecular flexibility index (Phi) is 8.54. The molecule has 0 aromatic heterocycles. The van der Waals surface area contributed by atoms with Gasteiger partial charge in [-0.15, -0.1) is 0 Å². The number of carbonyl (C=O) groups excluding carboxylic acids is 1. The second-order valence-corrected chi connectivity index (χ2v) is 9.16. The fourth-order valence-corrected chi connectivity index (χ4v) is 3.96. The van der Waals surface area contributed by atoms with Crippen molar-refractivity contribution in [3.8, 4) is 0 Å². The van der Waals surface area contributed by atoms with Gasteiger partial charge >= 0.3 is 0 Å². The van der Waals surface area contributed by atoms with E-state index in [-0.39, 0.29) is 17.7 Å². The van der Waals surface area contributed by atoms with Gasteiger partial charge in [-0.05, 0) is 38.0 Å². The molecule has 0 N–H and O–H groups in total. The van der Waals surface area contributed by atoms with E-state index in [0.717, 1.165) is 18.4 Å². The lowest BCUT2D eigenvalue weighted by molar-refractivity contribution is -0.130. The summed E-state index contributed by atoms with van der Waals surface area (Å²) in [5.74, 6) is -0.769. The van der Waals surface area contributed by atoms with E-state index in [9.17, 15) is 13.2 Å². The fraction of sp³-hybridized carbons (Fsp3) is 0.588. The Morgan fingerprint density at radius 1 is 1.17 bits per heavy atom. The molecule has 0 fully saturated rings. The first-order valence-corrected chi connectivity index (χ1v) is 10.7. The van der Waals surface area contributed by atoms with Gasteiger partial charge in [0.1, 0.15) is 5.75 Å². The molecule has 0 saturated carbocycles. The highest BCUT2D eigenvalue weighted by atomic mass is 35.5. The van der Waals surface area contributed by atoms with Gasteiger partial charge in [0.05, 0.1) is 15.8 Å². The van der Waals surface area contributed by atoms with Gasteiger partial charge in [0.25, 0.3) is 0 Å². The number of halogens is 2. The van der Waals surface area contributed by atoms with Gasteiger partial charge in [0.15, 0.2) is 9.84 Å². The van der Waals surface area contributed by atoms with Crippen LogP contribution < -0.4 is 0 Å². The third kappa shape index (κ3) is 6.99. The van der Waals surface area contributed by atoms with E-state index in [1.54, 1.807) is 23.1 Å². The van der Waals surface area contributed by atoms with Crippen LogP contribution >= 0.6 is 23.2 Å². The molecule has 1 rings (SSSR count). The van der Waals surface area contributed by atoms with Gasteiger partial charge in [-0.3, -0.25) is 4.79 Å². The van der Waals surface area contributed by atoms with E-state index in [1.165, 1.54) is 0 Å². The van der Waals surface area contributed by atoms with Crippen LogP contribution in [0.5, 0.6) is 0 Å². The highest BCUT2D eigenvalue weighted by Crippen LogP contribution is 2.23. The van der Waals surface area contributed by atoms with Gasteiger partial charge in [0, 0.05) is 12.6 Å². The van der Waals surface area contributed by atoms with Crippen molar-refractivity contribution in [1.29, 1.82) is 0 Å². The molecule has 0 unspecified atom stereocenters. The lowest BCUT2D eigenvalue weighted by Crippen LogP contribution is -2.40. The van der Waals surface area contributed by atoms with Crippen molar-refractivity contribution in [1.82, 2.24) is 4.90 Å². The number of benzene rings is 1. The summed E-state index contributed by atoms with van der Waals surface area (Å²) in [5.41, 5.74) is 0.815. The third-order valence-electron chi connectivity index (χ3n) is 3.68. The summed E-state index contributed by atoms with van der Waals surface area (Å²) in [6, 6.07) is 5.04. The largest absolute Gasteiger partial charge is 0.335 e. The number of carbonyl (C=O) groups is 1. The van der Waals surface area contributed by atoms with Gasteiger partial charge in [-0.25, -0.2) is 8.42 Å². The van der Waals surface area contributed by atoms with Crippen LogP contribution in [0.15, 0.2) is 18.2 Å². The maximum absolute atomic E-state index is 12.5. The second kappa shape index (κ2) is 9.64. The van der Waals surface area contributed by atoms with Crippen LogP contribution in [0.1, 0.15) is 45.6 Å². The Balaban J connectivity index is 2.80. The highest BCUT2D eigenvalue weighted by molar-refractivity contribution is 7.92. The molecule has 0 aliphatic heterocycles. The monoisotopic (exact) mass is 393 g/mol. The molecule has 24 heavy (non-hydrogen) atoms. The number of unbranched alkanes of at least 4 members (excludes halogenated alkanes) is 2. The first-order valence-electron chi connectivity index (χ1n) is 8.10. The molecule has 1 aromatic rings. The predicted molar refractivity (Wildman–Crippen MR) is 100 cm³/mol. The lowest BCUT2D eigenvalue weighted by atomic mass is 10.2. The lowest BCUT2D eigenvalue weighted by Gasteiger charge is -2.27. The molecule has 1 amide bonds. The summed E-state index contributed by atoms with van der Waals surface area (Å²) in [4.78, 5) is 14.0. The maximum Gasteiger partial charge on any atom is 0.238 e. The number of hydrogen-bond acceptors (Lipinski definition) is 3. The zero-order valence-corrected chi connectivity index (χ0v) is 16.7. The first kappa shape index (κ1) is 21.3. The minimum absolute atomic E-state index is 0.0608. The molecular formula is C17H25Cl2NO3S. The van der Waals surface area contributed by atoms with Crippen molar-refractivity contribution in [3.63, 3.8) is 0 Å². The van der Waals surface area contributed by atoms with Crippen LogP contribution in [-0.4, -0.2) is 36.8 Å². The van der Waals surface area contributed by atoms with E-state index in [0.29, 0.717) is 23.0 Å². The van der Waals surface area contributed by atoms with Crippen molar-refractivity contribution >= 4 is 38.9 Å². The van der Waals surface area contributed by atoms with E-state index < -0.39 is 15.6 Å². The summed E-state index contributed by atoms with van der Waals surface area (Å²) >= 11 is 11.9. The number of rotatable bonds is 9. The summed E-state index contributed by atoms with van der Waals surface area (Å²) in [7, 11) is -3.38. The van der Waals surface area contributed by atoms with Crippen molar-refractivity contribution < 1.29 is 13.2 Å². The fourth-order valence-electron chi connectivity index (χ4n) is 2.31. The molecule has 0 spiro atoms. The van der Waals surface area contributed by atoms with E-state index in [4.69, 9.17) is 23.2 Å². The third-order valence-corrected chi connectivity index (χ3v) is 6.02. The SMILES string of the molecule is CCCCCS(=O)(=O)CC(=O)N(Cc1ccc(Cl)c(Cl)c1)C(C)C. The van der Waals surface area contributed by atoms with E-state index in [2.05, 4.69) is 0 Å². The standard InChI is InChI=1S/C17H25Cl2NO3S/c1-4-5-6-9-24(22,23)12-17(21)20(13(2)3)11-14-7-8-15(18)16(19)10-14/h7-8,10,13H,4-6,9,11-12H2,1-3H3. The smallest absolute Gasteiger partial charge is 0.238 e. The zero-order chi connectivity index (χ0) is 18.3. The summed E-state index contributed by atoms with van der Waals surface area (Å²) in [5, 5.41) is 0.860. The Bertz CT molecular complexity index is 660. The Morgan fingerprint density at radius 3 is 2.38 bits per heavy atom. The minimum Gasteiger partial charge on any atom is -0.335 e. The molecule has 0 atom stereocenters. The van der Waals surface area contributed by atoms with Gasteiger partial charge in [-0.2, -0.15) is 0 Å². The number of amides is 1. The van der Waals surface area contributed by atoms with E-state index in [1.807, 2.05) is 20.8 Å². The second-order valence-electron chi connectivity index (χ2n) is 6.16. The van der Waals surface area contributed by atoms with Crippen LogP contribution in [0.25, 0.3) is 0 Å². The quantitative estimate of drug-likeness (QED) is 0.586. The summed E-state index contributed by atoms with van der Waals surface area (Å²) in [6.07, 6.45) is 2.39. The Hall–Kier alpha value is -0.780. The van der Waals surface area contributed by atoms with Crippen LogP contribution in [-0.2, 0) is 21.2 Å². The molecule has 4 nitrogen and oxygen atoms in total. The van der Waals surface area contributed by atoms with Gasteiger partial charge in [0.2, 0.25) is 5.91 Å². The predicted octanol–water partition coefficient (Wildman–Crippen LogP) is 4.34. The minimum atomic E-state index is -3.38.